The van der Waals surface area contributed by atoms with Crippen LogP contribution in [0.15, 0.2) is 18.3 Å². The van der Waals surface area contributed by atoms with Gasteiger partial charge < -0.3 is 9.64 Å². The minimum absolute atomic E-state index is 0.693. The van der Waals surface area contributed by atoms with E-state index in [-0.39, 0.29) is 0 Å². The van der Waals surface area contributed by atoms with Gasteiger partial charge in [-0.25, -0.2) is 0 Å². The first-order valence-corrected chi connectivity index (χ1v) is 6.98. The van der Waals surface area contributed by atoms with Gasteiger partial charge in [-0.05, 0) is 43.9 Å². The topological polar surface area (TPSA) is 25.4 Å². The van der Waals surface area contributed by atoms with Gasteiger partial charge in [0.05, 0.1) is 12.3 Å². The molecule has 0 N–H and O–H groups in total. The van der Waals surface area contributed by atoms with E-state index in [4.69, 9.17) is 4.74 Å². The van der Waals surface area contributed by atoms with Crippen molar-refractivity contribution in [3.8, 4) is 0 Å². The van der Waals surface area contributed by atoms with Crippen molar-refractivity contribution in [2.75, 3.05) is 26.8 Å². The van der Waals surface area contributed by atoms with Gasteiger partial charge in [-0.1, -0.05) is 13.0 Å². The Morgan fingerprint density at radius 2 is 2.33 bits per heavy atom. The van der Waals surface area contributed by atoms with E-state index < -0.39 is 0 Å². The lowest BCUT2D eigenvalue weighted by Crippen LogP contribution is -2.30. The summed E-state index contributed by atoms with van der Waals surface area (Å²) in [5.74, 6) is 0.693. The Bertz CT molecular complexity index is 344. The molecule has 0 bridgehead atoms. The van der Waals surface area contributed by atoms with Crippen molar-refractivity contribution in [3.05, 3.63) is 29.6 Å². The second kappa shape index (κ2) is 6.86. The molecular formula is C15H24N2O. The van der Waals surface area contributed by atoms with Crippen molar-refractivity contribution in [1.29, 1.82) is 0 Å². The third kappa shape index (κ3) is 4.07. The monoisotopic (exact) mass is 248 g/mol. The summed E-state index contributed by atoms with van der Waals surface area (Å²) in [6, 6.07) is 4.33. The quantitative estimate of drug-likeness (QED) is 0.800. The number of pyridine rings is 1. The van der Waals surface area contributed by atoms with Crippen LogP contribution in [0.2, 0.25) is 0 Å². The van der Waals surface area contributed by atoms with E-state index in [0.29, 0.717) is 5.92 Å². The Balaban J connectivity index is 1.80. The van der Waals surface area contributed by atoms with Crippen molar-refractivity contribution >= 4 is 0 Å². The van der Waals surface area contributed by atoms with Crippen LogP contribution in [0, 0.1) is 5.92 Å². The molecule has 0 saturated carbocycles. The van der Waals surface area contributed by atoms with Crippen LogP contribution in [-0.2, 0) is 17.7 Å². The van der Waals surface area contributed by atoms with E-state index in [1.54, 1.807) is 0 Å². The zero-order valence-electron chi connectivity index (χ0n) is 11.6. The first-order chi connectivity index (χ1) is 8.78. The summed E-state index contributed by atoms with van der Waals surface area (Å²) in [4.78, 5) is 6.86. The Kier molecular flexibility index (Phi) is 5.14. The average Bonchev–Trinajstić information content (AvgIpc) is 2.40. The van der Waals surface area contributed by atoms with Gasteiger partial charge >= 0.3 is 0 Å². The van der Waals surface area contributed by atoms with Gasteiger partial charge in [-0.2, -0.15) is 0 Å². The third-order valence-corrected chi connectivity index (χ3v) is 3.55. The minimum Gasteiger partial charge on any atom is -0.381 e. The highest BCUT2D eigenvalue weighted by Gasteiger charge is 2.16. The SMILES string of the molecule is CCc1ccc(CN(C)C[C@H]2CCCOC2)nc1. The van der Waals surface area contributed by atoms with Gasteiger partial charge in [0.15, 0.2) is 0 Å². The molecule has 1 aliphatic rings. The first kappa shape index (κ1) is 13.5. The Labute approximate surface area is 110 Å². The zero-order chi connectivity index (χ0) is 12.8. The number of ether oxygens (including phenoxy) is 1. The van der Waals surface area contributed by atoms with Crippen molar-refractivity contribution in [2.24, 2.45) is 5.92 Å². The van der Waals surface area contributed by atoms with Crippen LogP contribution in [0.1, 0.15) is 31.0 Å². The molecule has 3 nitrogen and oxygen atoms in total. The molecule has 0 aromatic carbocycles. The number of rotatable bonds is 5. The molecule has 1 aromatic rings. The summed E-state index contributed by atoms with van der Waals surface area (Å²) in [5.41, 5.74) is 2.47. The molecule has 0 spiro atoms. The van der Waals surface area contributed by atoms with Gasteiger partial charge in [0.1, 0.15) is 0 Å². The maximum absolute atomic E-state index is 5.52. The summed E-state index contributed by atoms with van der Waals surface area (Å²) in [7, 11) is 2.17. The van der Waals surface area contributed by atoms with Crippen molar-refractivity contribution in [3.63, 3.8) is 0 Å². The van der Waals surface area contributed by atoms with Crippen LogP contribution < -0.4 is 0 Å². The molecule has 1 atom stereocenters. The van der Waals surface area contributed by atoms with Gasteiger partial charge in [0, 0.05) is 25.9 Å². The minimum atomic E-state index is 0.693. The van der Waals surface area contributed by atoms with Crippen LogP contribution in [0.25, 0.3) is 0 Å². The predicted octanol–water partition coefficient (Wildman–Crippen LogP) is 2.50. The van der Waals surface area contributed by atoms with Crippen molar-refractivity contribution < 1.29 is 4.74 Å². The summed E-state index contributed by atoms with van der Waals surface area (Å²) >= 11 is 0. The molecule has 3 heteroatoms. The molecule has 1 aromatic heterocycles. The zero-order valence-corrected chi connectivity index (χ0v) is 11.6. The lowest BCUT2D eigenvalue weighted by molar-refractivity contribution is 0.0410. The molecule has 0 aliphatic carbocycles. The molecule has 0 radical (unpaired) electrons. The summed E-state index contributed by atoms with van der Waals surface area (Å²) < 4.78 is 5.52. The van der Waals surface area contributed by atoms with Crippen LogP contribution in [0.3, 0.4) is 0 Å². The van der Waals surface area contributed by atoms with Crippen LogP contribution in [-0.4, -0.2) is 36.7 Å². The number of aryl methyl sites for hydroxylation is 1. The molecule has 1 aliphatic heterocycles. The van der Waals surface area contributed by atoms with Crippen molar-refractivity contribution in [1.82, 2.24) is 9.88 Å². The number of hydrogen-bond donors (Lipinski definition) is 0. The number of aromatic nitrogens is 1. The third-order valence-electron chi connectivity index (χ3n) is 3.55. The van der Waals surface area contributed by atoms with Gasteiger partial charge in [0.2, 0.25) is 0 Å². The molecule has 2 heterocycles. The van der Waals surface area contributed by atoms with E-state index in [9.17, 15) is 0 Å². The molecule has 0 amide bonds. The molecule has 18 heavy (non-hydrogen) atoms. The Hall–Kier alpha value is -0.930. The molecule has 0 unspecified atom stereocenters. The number of nitrogens with zero attached hydrogens (tertiary/aromatic N) is 2. The Morgan fingerprint density at radius 3 is 2.94 bits per heavy atom. The highest BCUT2D eigenvalue weighted by atomic mass is 16.5. The molecule has 2 rings (SSSR count). The maximum atomic E-state index is 5.52. The molecule has 1 fully saturated rings. The van der Waals surface area contributed by atoms with E-state index in [2.05, 4.69) is 36.0 Å². The highest BCUT2D eigenvalue weighted by Crippen LogP contribution is 2.15. The van der Waals surface area contributed by atoms with Crippen LogP contribution in [0.4, 0.5) is 0 Å². The predicted molar refractivity (Wildman–Crippen MR) is 73.5 cm³/mol. The van der Waals surface area contributed by atoms with E-state index in [1.807, 2.05) is 6.20 Å². The molecular weight excluding hydrogens is 224 g/mol. The normalized spacial score (nSPS) is 20.3. The summed E-state index contributed by atoms with van der Waals surface area (Å²) in [6.07, 6.45) is 5.56. The lowest BCUT2D eigenvalue weighted by atomic mass is 10.0. The maximum Gasteiger partial charge on any atom is 0.0544 e. The fourth-order valence-corrected chi connectivity index (χ4v) is 2.49. The van der Waals surface area contributed by atoms with Crippen LogP contribution in [0.5, 0.6) is 0 Å². The van der Waals surface area contributed by atoms with Crippen molar-refractivity contribution in [2.45, 2.75) is 32.7 Å². The molecule has 100 valence electrons. The van der Waals surface area contributed by atoms with E-state index >= 15 is 0 Å². The van der Waals surface area contributed by atoms with Gasteiger partial charge in [-0.3, -0.25) is 4.98 Å². The second-order valence-electron chi connectivity index (χ2n) is 5.29. The first-order valence-electron chi connectivity index (χ1n) is 6.98. The summed E-state index contributed by atoms with van der Waals surface area (Å²) in [6.45, 7) is 6.07. The fraction of sp³-hybridized carbons (Fsp3) is 0.667. The van der Waals surface area contributed by atoms with Gasteiger partial charge in [-0.15, -0.1) is 0 Å². The van der Waals surface area contributed by atoms with E-state index in [1.165, 1.54) is 18.4 Å². The average molecular weight is 248 g/mol. The highest BCUT2D eigenvalue weighted by molar-refractivity contribution is 5.13. The second-order valence-corrected chi connectivity index (χ2v) is 5.29. The smallest absolute Gasteiger partial charge is 0.0544 e. The summed E-state index contributed by atoms with van der Waals surface area (Å²) in [5, 5.41) is 0. The van der Waals surface area contributed by atoms with Gasteiger partial charge in [0.25, 0.3) is 0 Å². The molecule has 1 saturated heterocycles. The fourth-order valence-electron chi connectivity index (χ4n) is 2.49. The number of hydrogen-bond acceptors (Lipinski definition) is 3. The lowest BCUT2D eigenvalue weighted by Gasteiger charge is -2.26. The van der Waals surface area contributed by atoms with Crippen LogP contribution >= 0.6 is 0 Å². The largest absolute Gasteiger partial charge is 0.381 e. The standard InChI is InChI=1S/C15H24N2O/c1-3-13-6-7-15(16-9-13)11-17(2)10-14-5-4-8-18-12-14/h6-7,9,14H,3-5,8,10-12H2,1-2H3/t14-/m1/s1. The van der Waals surface area contributed by atoms with E-state index in [0.717, 1.165) is 38.4 Å². The Morgan fingerprint density at radius 1 is 1.44 bits per heavy atom.